The molecule has 27 heavy (non-hydrogen) atoms. The summed E-state index contributed by atoms with van der Waals surface area (Å²) in [6.07, 6.45) is 0.291. The molecular formula is C18H12F3N3O3. The number of hydrogen-bond donors (Lipinski definition) is 1. The summed E-state index contributed by atoms with van der Waals surface area (Å²) in [6.45, 7) is 0. The molecule has 3 aromatic rings. The fourth-order valence-corrected chi connectivity index (χ4v) is 2.42. The Morgan fingerprint density at radius 3 is 2.48 bits per heavy atom. The summed E-state index contributed by atoms with van der Waals surface area (Å²) in [7, 11) is 0. The maximum atomic E-state index is 13.4. The summed E-state index contributed by atoms with van der Waals surface area (Å²) in [5.74, 6) is -4.14. The van der Waals surface area contributed by atoms with Gasteiger partial charge in [-0.05, 0) is 17.7 Å². The van der Waals surface area contributed by atoms with Gasteiger partial charge in [-0.25, -0.2) is 22.6 Å². The molecule has 0 saturated carbocycles. The normalized spacial score (nSPS) is 10.6. The van der Waals surface area contributed by atoms with Gasteiger partial charge in [-0.2, -0.15) is 5.10 Å². The first kappa shape index (κ1) is 18.2. The zero-order valence-electron chi connectivity index (χ0n) is 13.7. The molecule has 0 fully saturated rings. The third kappa shape index (κ3) is 4.14. The predicted octanol–water partition coefficient (Wildman–Crippen LogP) is 2.70. The number of ether oxygens (including phenoxy) is 1. The molecule has 0 spiro atoms. The molecule has 0 bridgehead atoms. The molecule has 138 valence electrons. The summed E-state index contributed by atoms with van der Waals surface area (Å²) in [4.78, 5) is 22.9. The molecule has 6 nitrogen and oxygen atoms in total. The van der Waals surface area contributed by atoms with Gasteiger partial charge in [0.25, 0.3) is 0 Å². The molecule has 2 N–H and O–H groups in total. The van der Waals surface area contributed by atoms with E-state index in [2.05, 4.69) is 5.10 Å². The average Bonchev–Trinajstić information content (AvgIpc) is 2.61. The number of hydrogen-bond acceptors (Lipinski definition) is 4. The van der Waals surface area contributed by atoms with Crippen molar-refractivity contribution in [2.24, 2.45) is 5.73 Å². The highest BCUT2D eigenvalue weighted by Gasteiger charge is 2.13. The number of nitrogens with zero attached hydrogens (tertiary/aromatic N) is 2. The van der Waals surface area contributed by atoms with Crippen LogP contribution in [0.1, 0.15) is 11.3 Å². The number of nitrogens with two attached hydrogens (primary N) is 1. The number of aromatic nitrogens is 2. The fraction of sp³-hybridized carbons (Fsp3) is 0.0556. The molecule has 0 aliphatic rings. The number of carbonyl (C=O) groups is 1. The molecule has 0 atom stereocenters. The first-order chi connectivity index (χ1) is 12.8. The van der Waals surface area contributed by atoms with Crippen LogP contribution in [-0.4, -0.2) is 15.9 Å². The maximum Gasteiger partial charge on any atom is 0.409 e. The van der Waals surface area contributed by atoms with Crippen LogP contribution < -0.4 is 15.9 Å². The van der Waals surface area contributed by atoms with Gasteiger partial charge in [0.15, 0.2) is 17.5 Å². The van der Waals surface area contributed by atoms with Crippen molar-refractivity contribution < 1.29 is 22.7 Å². The predicted molar refractivity (Wildman–Crippen MR) is 89.2 cm³/mol. The number of primary amides is 1. The van der Waals surface area contributed by atoms with Gasteiger partial charge in [0, 0.05) is 30.8 Å². The highest BCUT2D eigenvalue weighted by molar-refractivity contribution is 5.68. The van der Waals surface area contributed by atoms with E-state index in [1.165, 1.54) is 24.4 Å². The van der Waals surface area contributed by atoms with Gasteiger partial charge in [0.2, 0.25) is 5.43 Å². The Labute approximate surface area is 150 Å². The zero-order chi connectivity index (χ0) is 19.6. The Morgan fingerprint density at radius 1 is 1.11 bits per heavy atom. The Morgan fingerprint density at radius 2 is 1.81 bits per heavy atom. The molecule has 3 rings (SSSR count). The van der Waals surface area contributed by atoms with Gasteiger partial charge in [-0.3, -0.25) is 4.79 Å². The second kappa shape index (κ2) is 7.32. The largest absolute Gasteiger partial charge is 0.410 e. The van der Waals surface area contributed by atoms with Crippen LogP contribution in [-0.2, 0) is 6.42 Å². The van der Waals surface area contributed by atoms with Gasteiger partial charge in [-0.15, -0.1) is 0 Å². The molecular weight excluding hydrogens is 363 g/mol. The average molecular weight is 375 g/mol. The summed E-state index contributed by atoms with van der Waals surface area (Å²) >= 11 is 0. The molecule has 0 aliphatic heterocycles. The number of carbonyl (C=O) groups excluding carboxylic acids is 1. The second-order valence-corrected chi connectivity index (χ2v) is 5.54. The molecule has 2 aromatic carbocycles. The van der Waals surface area contributed by atoms with Gasteiger partial charge in [-0.1, -0.05) is 12.1 Å². The van der Waals surface area contributed by atoms with Crippen molar-refractivity contribution in [2.75, 3.05) is 0 Å². The maximum absolute atomic E-state index is 13.4. The quantitative estimate of drug-likeness (QED) is 0.711. The van der Waals surface area contributed by atoms with E-state index in [1.54, 1.807) is 12.1 Å². The van der Waals surface area contributed by atoms with E-state index in [9.17, 15) is 22.8 Å². The van der Waals surface area contributed by atoms with Gasteiger partial charge in [0.1, 0.15) is 11.4 Å². The van der Waals surface area contributed by atoms with Crippen LogP contribution in [0.25, 0.3) is 5.69 Å². The summed E-state index contributed by atoms with van der Waals surface area (Å²) in [5.41, 5.74) is 5.12. The summed E-state index contributed by atoms with van der Waals surface area (Å²) < 4.78 is 45.8. The molecule has 0 radical (unpaired) electrons. The summed E-state index contributed by atoms with van der Waals surface area (Å²) in [6, 6.07) is 8.98. The first-order valence-electron chi connectivity index (χ1n) is 7.63. The minimum absolute atomic E-state index is 0.0573. The van der Waals surface area contributed by atoms with Crippen LogP contribution in [0.2, 0.25) is 0 Å². The van der Waals surface area contributed by atoms with Crippen molar-refractivity contribution in [3.8, 4) is 11.4 Å². The lowest BCUT2D eigenvalue weighted by Gasteiger charge is -2.09. The minimum atomic E-state index is -1.59. The van der Waals surface area contributed by atoms with E-state index in [1.807, 2.05) is 0 Å². The Hall–Kier alpha value is -3.62. The minimum Gasteiger partial charge on any atom is -0.410 e. The third-order valence-electron chi connectivity index (χ3n) is 3.60. The second-order valence-electron chi connectivity index (χ2n) is 5.54. The van der Waals surface area contributed by atoms with E-state index in [-0.39, 0.29) is 23.6 Å². The van der Waals surface area contributed by atoms with Crippen molar-refractivity contribution in [3.05, 3.63) is 87.6 Å². The van der Waals surface area contributed by atoms with Gasteiger partial charge in [0.05, 0.1) is 5.69 Å². The van der Waals surface area contributed by atoms with Crippen LogP contribution in [0.4, 0.5) is 18.0 Å². The number of benzene rings is 2. The smallest absolute Gasteiger partial charge is 0.409 e. The monoisotopic (exact) mass is 375 g/mol. The number of amides is 1. The molecule has 0 unspecified atom stereocenters. The van der Waals surface area contributed by atoms with E-state index in [0.29, 0.717) is 5.56 Å². The van der Waals surface area contributed by atoms with Crippen molar-refractivity contribution in [3.63, 3.8) is 0 Å². The summed E-state index contributed by atoms with van der Waals surface area (Å²) in [5, 5.41) is 4.06. The zero-order valence-corrected chi connectivity index (χ0v) is 13.7. The van der Waals surface area contributed by atoms with Gasteiger partial charge < -0.3 is 10.5 Å². The Kier molecular flexibility index (Phi) is 4.93. The fourth-order valence-electron chi connectivity index (χ4n) is 2.42. The standard InChI is InChI=1S/C18H12F3N3O3/c19-13-8-11(9-14(20)17(13)21)24-5-4-16(25)15(23-24)7-10-2-1-3-12(6-10)27-18(22)26/h1-6,8-9H,7H2,(H2,22,26). The molecule has 1 heterocycles. The number of halogens is 3. The Bertz CT molecular complexity index is 1060. The van der Waals surface area contributed by atoms with Crippen LogP contribution in [0.5, 0.6) is 5.75 Å². The molecule has 1 amide bonds. The molecule has 0 saturated heterocycles. The van der Waals surface area contributed by atoms with Crippen molar-refractivity contribution in [1.82, 2.24) is 9.78 Å². The van der Waals surface area contributed by atoms with Crippen molar-refractivity contribution in [2.45, 2.75) is 6.42 Å². The molecule has 0 aliphatic carbocycles. The van der Waals surface area contributed by atoms with Crippen LogP contribution in [0.15, 0.2) is 53.5 Å². The first-order valence-corrected chi connectivity index (χ1v) is 7.63. The van der Waals surface area contributed by atoms with Crippen molar-refractivity contribution in [1.29, 1.82) is 0 Å². The topological polar surface area (TPSA) is 87.2 Å². The molecule has 9 heteroatoms. The highest BCUT2D eigenvalue weighted by Crippen LogP contribution is 2.17. The van der Waals surface area contributed by atoms with Gasteiger partial charge >= 0.3 is 6.09 Å². The Balaban J connectivity index is 1.95. The highest BCUT2D eigenvalue weighted by atomic mass is 19.2. The SMILES string of the molecule is NC(=O)Oc1cccc(Cc2nn(-c3cc(F)c(F)c(F)c3)ccc2=O)c1. The van der Waals surface area contributed by atoms with Crippen LogP contribution >= 0.6 is 0 Å². The lowest BCUT2D eigenvalue weighted by Crippen LogP contribution is -2.17. The van der Waals surface area contributed by atoms with E-state index in [4.69, 9.17) is 10.5 Å². The van der Waals surface area contributed by atoms with E-state index < -0.39 is 29.0 Å². The third-order valence-corrected chi connectivity index (χ3v) is 3.60. The molecule has 1 aromatic heterocycles. The lowest BCUT2D eigenvalue weighted by molar-refractivity contribution is 0.211. The van der Waals surface area contributed by atoms with Crippen LogP contribution in [0, 0.1) is 17.5 Å². The van der Waals surface area contributed by atoms with Crippen molar-refractivity contribution >= 4 is 6.09 Å². The van der Waals surface area contributed by atoms with E-state index >= 15 is 0 Å². The lowest BCUT2D eigenvalue weighted by atomic mass is 10.1. The number of rotatable bonds is 4. The van der Waals surface area contributed by atoms with Crippen LogP contribution in [0.3, 0.4) is 0 Å². The van der Waals surface area contributed by atoms with E-state index in [0.717, 1.165) is 16.8 Å².